The number of rotatable bonds is 9. The number of halogens is 1. The van der Waals surface area contributed by atoms with Crippen LogP contribution in [0.25, 0.3) is 6.08 Å². The maximum atomic E-state index is 13.4. The van der Waals surface area contributed by atoms with Gasteiger partial charge < -0.3 is 10.1 Å². The number of sulfonamides is 1. The van der Waals surface area contributed by atoms with E-state index in [0.717, 1.165) is 12.1 Å². The topological polar surface area (TPSA) is 79.0 Å². The number of anilines is 1. The molecule has 0 atom stereocenters. The fourth-order valence-corrected chi connectivity index (χ4v) is 5.72. The summed E-state index contributed by atoms with van der Waals surface area (Å²) in [6.45, 7) is 4.99. The van der Waals surface area contributed by atoms with E-state index < -0.39 is 15.9 Å². The molecule has 1 saturated heterocycles. The molecule has 3 aromatic rings. The van der Waals surface area contributed by atoms with E-state index in [0.29, 0.717) is 49.1 Å². The number of hydrogen-bond acceptors (Lipinski definition) is 5. The number of amides is 1. The van der Waals surface area contributed by atoms with Gasteiger partial charge in [-0.15, -0.1) is 0 Å². The Balaban J connectivity index is 1.44. The highest BCUT2D eigenvalue weighted by Gasteiger charge is 2.29. The highest BCUT2D eigenvalue weighted by Crippen LogP contribution is 2.30. The van der Waals surface area contributed by atoms with Crippen molar-refractivity contribution in [1.82, 2.24) is 9.21 Å². The second kappa shape index (κ2) is 12.4. The average molecular weight is 540 g/mol. The van der Waals surface area contributed by atoms with Crippen LogP contribution < -0.4 is 10.1 Å². The minimum absolute atomic E-state index is 0.106. The third-order valence-electron chi connectivity index (χ3n) is 6.03. The first-order valence-electron chi connectivity index (χ1n) is 12.1. The zero-order chi connectivity index (χ0) is 26.3. The molecule has 7 nitrogen and oxygen atoms in total. The van der Waals surface area contributed by atoms with E-state index >= 15 is 0 Å². The number of piperazine rings is 1. The predicted molar refractivity (Wildman–Crippen MR) is 148 cm³/mol. The van der Waals surface area contributed by atoms with Crippen LogP contribution >= 0.6 is 11.6 Å². The molecule has 0 aliphatic carbocycles. The Labute approximate surface area is 223 Å². The third kappa shape index (κ3) is 6.99. The Hall–Kier alpha value is -3.17. The lowest BCUT2D eigenvalue weighted by atomic mass is 10.2. The van der Waals surface area contributed by atoms with Gasteiger partial charge in [-0.3, -0.25) is 9.69 Å². The van der Waals surface area contributed by atoms with E-state index in [2.05, 4.69) is 22.4 Å². The van der Waals surface area contributed by atoms with Crippen LogP contribution in [0.1, 0.15) is 22.8 Å². The molecule has 0 saturated carbocycles. The van der Waals surface area contributed by atoms with Gasteiger partial charge in [-0.1, -0.05) is 60.2 Å². The van der Waals surface area contributed by atoms with E-state index in [1.54, 1.807) is 30.3 Å². The highest BCUT2D eigenvalue weighted by molar-refractivity contribution is 7.89. The van der Waals surface area contributed by atoms with Crippen molar-refractivity contribution < 1.29 is 17.9 Å². The van der Waals surface area contributed by atoms with Gasteiger partial charge in [0.2, 0.25) is 10.0 Å². The third-order valence-corrected chi connectivity index (χ3v) is 8.16. The van der Waals surface area contributed by atoms with Gasteiger partial charge in [-0.05, 0) is 48.9 Å². The van der Waals surface area contributed by atoms with Gasteiger partial charge in [-0.25, -0.2) is 8.42 Å². The number of carbonyl (C=O) groups is 1. The van der Waals surface area contributed by atoms with Gasteiger partial charge in [0.25, 0.3) is 5.91 Å². The number of hydrogen-bond donors (Lipinski definition) is 1. The number of nitrogens with zero attached hydrogens (tertiary/aromatic N) is 2. The van der Waals surface area contributed by atoms with Crippen LogP contribution in [-0.4, -0.2) is 62.9 Å². The minimum Gasteiger partial charge on any atom is -0.492 e. The van der Waals surface area contributed by atoms with Gasteiger partial charge in [0, 0.05) is 43.3 Å². The lowest BCUT2D eigenvalue weighted by Crippen LogP contribution is -2.48. The predicted octanol–water partition coefficient (Wildman–Crippen LogP) is 5.01. The monoisotopic (exact) mass is 539 g/mol. The molecular formula is C28H30ClN3O4S. The van der Waals surface area contributed by atoms with Crippen LogP contribution in [0.3, 0.4) is 0 Å². The molecule has 0 bridgehead atoms. The lowest BCUT2D eigenvalue weighted by molar-refractivity contribution is 0.102. The zero-order valence-corrected chi connectivity index (χ0v) is 22.2. The summed E-state index contributed by atoms with van der Waals surface area (Å²) in [7, 11) is -3.75. The van der Waals surface area contributed by atoms with Crippen LogP contribution in [0.15, 0.2) is 83.8 Å². The number of ether oxygens (including phenoxy) is 1. The molecule has 37 heavy (non-hydrogen) atoms. The molecule has 0 aromatic heterocycles. The fourth-order valence-electron chi connectivity index (χ4n) is 4.08. The smallest absolute Gasteiger partial charge is 0.255 e. The Bertz CT molecular complexity index is 1350. The fraction of sp³-hybridized carbons (Fsp3) is 0.250. The first kappa shape index (κ1) is 26.9. The first-order chi connectivity index (χ1) is 17.9. The molecule has 1 aliphatic rings. The van der Waals surface area contributed by atoms with Crippen LogP contribution in [0.4, 0.5) is 5.69 Å². The van der Waals surface area contributed by atoms with Crippen molar-refractivity contribution in [3.63, 3.8) is 0 Å². The SMILES string of the molecule is CCOc1ccc(S(=O)(=O)N2CCN(C/C=C/c3ccccc3)CC2)cc1NC(=O)c1cccc(Cl)c1. The molecule has 9 heteroatoms. The largest absolute Gasteiger partial charge is 0.492 e. The minimum atomic E-state index is -3.75. The molecule has 1 aliphatic heterocycles. The number of carbonyl (C=O) groups excluding carboxylic acids is 1. The second-order valence-electron chi connectivity index (χ2n) is 8.57. The molecule has 1 heterocycles. The average Bonchev–Trinajstić information content (AvgIpc) is 2.90. The summed E-state index contributed by atoms with van der Waals surface area (Å²) in [5, 5.41) is 3.21. The summed E-state index contributed by atoms with van der Waals surface area (Å²) >= 11 is 6.01. The van der Waals surface area contributed by atoms with Crippen molar-refractivity contribution >= 4 is 39.3 Å². The van der Waals surface area contributed by atoms with Gasteiger partial charge in [0.15, 0.2) is 0 Å². The number of benzene rings is 3. The lowest BCUT2D eigenvalue weighted by Gasteiger charge is -2.33. The van der Waals surface area contributed by atoms with Crippen molar-refractivity contribution in [1.29, 1.82) is 0 Å². The summed E-state index contributed by atoms with van der Waals surface area (Å²) in [4.78, 5) is 15.1. The Morgan fingerprint density at radius 1 is 1.00 bits per heavy atom. The van der Waals surface area contributed by atoms with Crippen LogP contribution in [0.2, 0.25) is 5.02 Å². The molecule has 1 amide bonds. The van der Waals surface area contributed by atoms with Gasteiger partial charge in [0.1, 0.15) is 5.75 Å². The van der Waals surface area contributed by atoms with Crippen molar-refractivity contribution in [2.45, 2.75) is 11.8 Å². The second-order valence-corrected chi connectivity index (χ2v) is 10.9. The Kier molecular flexibility index (Phi) is 9.00. The maximum Gasteiger partial charge on any atom is 0.255 e. The van der Waals surface area contributed by atoms with E-state index in [1.165, 1.54) is 16.4 Å². The molecule has 0 unspecified atom stereocenters. The quantitative estimate of drug-likeness (QED) is 0.413. The van der Waals surface area contributed by atoms with Gasteiger partial charge >= 0.3 is 0 Å². The van der Waals surface area contributed by atoms with E-state index in [1.807, 2.05) is 37.3 Å². The van der Waals surface area contributed by atoms with E-state index in [4.69, 9.17) is 16.3 Å². The molecule has 0 spiro atoms. The van der Waals surface area contributed by atoms with Crippen LogP contribution in [0.5, 0.6) is 5.75 Å². The Morgan fingerprint density at radius 2 is 1.76 bits per heavy atom. The standard InChI is InChI=1S/C28H30ClN3O4S/c1-2-36-27-14-13-25(21-26(27)30-28(33)23-11-6-12-24(29)20-23)37(34,35)32-18-16-31(17-19-32)15-7-10-22-8-4-3-5-9-22/h3-14,20-21H,2,15-19H2,1H3,(H,30,33)/b10-7+. The maximum absolute atomic E-state index is 13.4. The van der Waals surface area contributed by atoms with Crippen molar-refractivity contribution in [3.05, 3.63) is 95.0 Å². The molecule has 1 fully saturated rings. The Morgan fingerprint density at radius 3 is 2.46 bits per heavy atom. The molecule has 3 aromatic carbocycles. The molecule has 0 radical (unpaired) electrons. The molecule has 1 N–H and O–H groups in total. The highest BCUT2D eigenvalue weighted by atomic mass is 35.5. The summed E-state index contributed by atoms with van der Waals surface area (Å²) < 4.78 is 34.0. The number of nitrogens with one attached hydrogen (secondary N) is 1. The van der Waals surface area contributed by atoms with Crippen LogP contribution in [0, 0.1) is 0 Å². The van der Waals surface area contributed by atoms with E-state index in [9.17, 15) is 13.2 Å². The van der Waals surface area contributed by atoms with Crippen LogP contribution in [-0.2, 0) is 10.0 Å². The summed E-state index contributed by atoms with van der Waals surface area (Å²) in [6.07, 6.45) is 4.17. The van der Waals surface area contributed by atoms with Gasteiger partial charge in [-0.2, -0.15) is 4.31 Å². The normalized spacial score (nSPS) is 15.1. The molecular weight excluding hydrogens is 510 g/mol. The zero-order valence-electron chi connectivity index (χ0n) is 20.6. The van der Waals surface area contributed by atoms with Crippen molar-refractivity contribution in [2.75, 3.05) is 44.6 Å². The summed E-state index contributed by atoms with van der Waals surface area (Å²) in [5.74, 6) is -0.0120. The first-order valence-corrected chi connectivity index (χ1v) is 14.0. The summed E-state index contributed by atoms with van der Waals surface area (Å²) in [6, 6.07) is 21.2. The van der Waals surface area contributed by atoms with Crippen molar-refractivity contribution in [3.8, 4) is 5.75 Å². The van der Waals surface area contributed by atoms with E-state index in [-0.39, 0.29) is 10.6 Å². The van der Waals surface area contributed by atoms with Crippen molar-refractivity contribution in [2.24, 2.45) is 0 Å². The van der Waals surface area contributed by atoms with Gasteiger partial charge in [0.05, 0.1) is 17.2 Å². The molecule has 4 rings (SSSR count). The summed E-state index contributed by atoms with van der Waals surface area (Å²) in [5.41, 5.74) is 1.79. The molecule has 194 valence electrons.